The van der Waals surface area contributed by atoms with E-state index in [1.807, 2.05) is 0 Å². The largest absolute Gasteiger partial charge is 0.481 e. The third kappa shape index (κ3) is 2.86. The van der Waals surface area contributed by atoms with E-state index in [0.29, 0.717) is 19.3 Å². The molecule has 1 N–H and O–H groups in total. The molecule has 18 heavy (non-hydrogen) atoms. The molecule has 0 spiro atoms. The SMILES string of the molecule is CCN(C(C)CC1CCC1)C1COCC1C(=O)O. The van der Waals surface area contributed by atoms with Crippen molar-refractivity contribution in [2.45, 2.75) is 51.6 Å². The number of carboxylic acid groups (broad SMARTS) is 1. The van der Waals surface area contributed by atoms with Gasteiger partial charge < -0.3 is 9.84 Å². The molecule has 2 fully saturated rings. The summed E-state index contributed by atoms with van der Waals surface area (Å²) in [5.74, 6) is -0.208. The molecule has 1 aliphatic carbocycles. The van der Waals surface area contributed by atoms with Gasteiger partial charge in [-0.1, -0.05) is 26.2 Å². The van der Waals surface area contributed by atoms with Crippen molar-refractivity contribution in [1.82, 2.24) is 4.90 Å². The highest BCUT2D eigenvalue weighted by molar-refractivity contribution is 5.71. The Morgan fingerprint density at radius 3 is 2.67 bits per heavy atom. The van der Waals surface area contributed by atoms with Crippen molar-refractivity contribution in [2.75, 3.05) is 19.8 Å². The van der Waals surface area contributed by atoms with Gasteiger partial charge in [-0.2, -0.15) is 0 Å². The zero-order valence-electron chi connectivity index (χ0n) is 11.5. The van der Waals surface area contributed by atoms with Crippen molar-refractivity contribution in [3.8, 4) is 0 Å². The number of carboxylic acids is 1. The molecule has 0 radical (unpaired) electrons. The first-order chi connectivity index (χ1) is 8.63. The highest BCUT2D eigenvalue weighted by atomic mass is 16.5. The third-order valence-electron chi connectivity index (χ3n) is 4.62. The van der Waals surface area contributed by atoms with Gasteiger partial charge in [0.05, 0.1) is 19.1 Å². The number of likely N-dealkylation sites (N-methyl/N-ethyl adjacent to an activating group) is 1. The van der Waals surface area contributed by atoms with Gasteiger partial charge in [0.25, 0.3) is 0 Å². The van der Waals surface area contributed by atoms with Crippen LogP contribution in [0.2, 0.25) is 0 Å². The van der Waals surface area contributed by atoms with Gasteiger partial charge in [-0.25, -0.2) is 0 Å². The van der Waals surface area contributed by atoms with E-state index in [2.05, 4.69) is 18.7 Å². The molecule has 1 saturated heterocycles. The predicted molar refractivity (Wildman–Crippen MR) is 69.5 cm³/mol. The minimum Gasteiger partial charge on any atom is -0.481 e. The number of nitrogens with zero attached hydrogens (tertiary/aromatic N) is 1. The molecule has 0 amide bonds. The van der Waals surface area contributed by atoms with Crippen LogP contribution < -0.4 is 0 Å². The van der Waals surface area contributed by atoms with Crippen LogP contribution in [0.5, 0.6) is 0 Å². The highest BCUT2D eigenvalue weighted by Gasteiger charge is 2.39. The Morgan fingerprint density at radius 1 is 1.44 bits per heavy atom. The molecule has 2 rings (SSSR count). The predicted octanol–water partition coefficient (Wildman–Crippen LogP) is 1.99. The lowest BCUT2D eigenvalue weighted by Gasteiger charge is -2.38. The van der Waals surface area contributed by atoms with Crippen LogP contribution in [0.25, 0.3) is 0 Å². The van der Waals surface area contributed by atoms with Gasteiger partial charge in [-0.05, 0) is 25.8 Å². The van der Waals surface area contributed by atoms with Gasteiger partial charge in [0.1, 0.15) is 0 Å². The summed E-state index contributed by atoms with van der Waals surface area (Å²) in [6, 6.07) is 0.524. The van der Waals surface area contributed by atoms with E-state index in [0.717, 1.165) is 12.5 Å². The first-order valence-corrected chi connectivity index (χ1v) is 7.19. The summed E-state index contributed by atoms with van der Waals surface area (Å²) in [5, 5.41) is 9.24. The molecule has 104 valence electrons. The van der Waals surface area contributed by atoms with E-state index in [9.17, 15) is 9.90 Å². The maximum Gasteiger partial charge on any atom is 0.310 e. The lowest BCUT2D eigenvalue weighted by atomic mass is 9.80. The fraction of sp³-hybridized carbons (Fsp3) is 0.929. The van der Waals surface area contributed by atoms with Crippen LogP contribution in [0.3, 0.4) is 0 Å². The summed E-state index contributed by atoms with van der Waals surface area (Å²) >= 11 is 0. The Labute approximate surface area is 109 Å². The minimum absolute atomic E-state index is 0.0579. The summed E-state index contributed by atoms with van der Waals surface area (Å²) in [5.41, 5.74) is 0. The lowest BCUT2D eigenvalue weighted by Crippen LogP contribution is -2.48. The number of hydrogen-bond donors (Lipinski definition) is 1. The quantitative estimate of drug-likeness (QED) is 0.788. The summed E-state index contributed by atoms with van der Waals surface area (Å²) < 4.78 is 5.39. The average molecular weight is 255 g/mol. The maximum absolute atomic E-state index is 11.2. The molecule has 4 heteroatoms. The standard InChI is InChI=1S/C14H25NO3/c1-3-15(10(2)7-11-5-4-6-11)13-9-18-8-12(13)14(16)17/h10-13H,3-9H2,1-2H3,(H,16,17). The second-order valence-corrected chi connectivity index (χ2v) is 5.76. The van der Waals surface area contributed by atoms with Crippen LogP contribution in [-0.4, -0.2) is 47.8 Å². The van der Waals surface area contributed by atoms with E-state index in [4.69, 9.17) is 4.74 Å². The Hall–Kier alpha value is -0.610. The average Bonchev–Trinajstić information content (AvgIpc) is 2.73. The zero-order chi connectivity index (χ0) is 13.1. The summed E-state index contributed by atoms with van der Waals surface area (Å²) in [4.78, 5) is 13.6. The maximum atomic E-state index is 11.2. The van der Waals surface area contributed by atoms with E-state index in [-0.39, 0.29) is 12.0 Å². The van der Waals surface area contributed by atoms with Crippen molar-refractivity contribution >= 4 is 5.97 Å². The van der Waals surface area contributed by atoms with Gasteiger partial charge in [-0.15, -0.1) is 0 Å². The molecule has 3 unspecified atom stereocenters. The fourth-order valence-corrected chi connectivity index (χ4v) is 3.33. The molecule has 4 nitrogen and oxygen atoms in total. The van der Waals surface area contributed by atoms with Crippen molar-refractivity contribution in [3.63, 3.8) is 0 Å². The van der Waals surface area contributed by atoms with Crippen molar-refractivity contribution in [2.24, 2.45) is 11.8 Å². The number of aliphatic carboxylic acids is 1. The Kier molecular flexibility index (Phi) is 4.62. The van der Waals surface area contributed by atoms with Crippen molar-refractivity contribution in [3.05, 3.63) is 0 Å². The van der Waals surface area contributed by atoms with Crippen LogP contribution in [0.4, 0.5) is 0 Å². The highest BCUT2D eigenvalue weighted by Crippen LogP contribution is 2.33. The Morgan fingerprint density at radius 2 is 2.17 bits per heavy atom. The van der Waals surface area contributed by atoms with Gasteiger partial charge in [-0.3, -0.25) is 9.69 Å². The van der Waals surface area contributed by atoms with Crippen LogP contribution in [-0.2, 0) is 9.53 Å². The normalized spacial score (nSPS) is 30.4. The van der Waals surface area contributed by atoms with E-state index in [1.165, 1.54) is 25.7 Å². The second-order valence-electron chi connectivity index (χ2n) is 5.76. The first-order valence-electron chi connectivity index (χ1n) is 7.19. The molecular weight excluding hydrogens is 230 g/mol. The van der Waals surface area contributed by atoms with Crippen LogP contribution in [0.1, 0.15) is 39.5 Å². The number of carbonyl (C=O) groups is 1. The van der Waals surface area contributed by atoms with Crippen LogP contribution in [0.15, 0.2) is 0 Å². The molecule has 0 aromatic carbocycles. The van der Waals surface area contributed by atoms with Gasteiger partial charge in [0, 0.05) is 12.1 Å². The molecule has 1 saturated carbocycles. The number of ether oxygens (including phenoxy) is 1. The van der Waals surface area contributed by atoms with Crippen molar-refractivity contribution < 1.29 is 14.6 Å². The molecule has 1 aliphatic heterocycles. The minimum atomic E-state index is -0.716. The molecule has 3 atom stereocenters. The summed E-state index contributed by atoms with van der Waals surface area (Å²) in [6.07, 6.45) is 5.28. The Bertz CT molecular complexity index is 291. The molecule has 0 aromatic heterocycles. The number of rotatable bonds is 6. The fourth-order valence-electron chi connectivity index (χ4n) is 3.33. The van der Waals surface area contributed by atoms with Gasteiger partial charge in [0.15, 0.2) is 0 Å². The smallest absolute Gasteiger partial charge is 0.310 e. The molecular formula is C14H25NO3. The van der Waals surface area contributed by atoms with E-state index >= 15 is 0 Å². The van der Waals surface area contributed by atoms with Gasteiger partial charge >= 0.3 is 5.97 Å². The molecule has 1 heterocycles. The van der Waals surface area contributed by atoms with Crippen molar-refractivity contribution in [1.29, 1.82) is 0 Å². The lowest BCUT2D eigenvalue weighted by molar-refractivity contribution is -0.143. The topological polar surface area (TPSA) is 49.8 Å². The second kappa shape index (κ2) is 6.02. The van der Waals surface area contributed by atoms with Crippen LogP contribution in [0, 0.1) is 11.8 Å². The summed E-state index contributed by atoms with van der Waals surface area (Å²) in [7, 11) is 0. The molecule has 0 aromatic rings. The monoisotopic (exact) mass is 255 g/mol. The first kappa shape index (κ1) is 13.8. The number of hydrogen-bond acceptors (Lipinski definition) is 3. The van der Waals surface area contributed by atoms with Crippen LogP contribution >= 0.6 is 0 Å². The molecule has 0 bridgehead atoms. The van der Waals surface area contributed by atoms with E-state index < -0.39 is 5.97 Å². The van der Waals surface area contributed by atoms with Gasteiger partial charge in [0.2, 0.25) is 0 Å². The molecule has 2 aliphatic rings. The Balaban J connectivity index is 1.95. The zero-order valence-corrected chi connectivity index (χ0v) is 11.5. The third-order valence-corrected chi connectivity index (χ3v) is 4.62. The summed E-state index contributed by atoms with van der Waals surface area (Å²) in [6.45, 7) is 6.20. The van der Waals surface area contributed by atoms with E-state index in [1.54, 1.807) is 0 Å².